The molecular weight excluding hydrogens is 255 g/mol. The van der Waals surface area contributed by atoms with Crippen molar-refractivity contribution in [1.82, 2.24) is 4.98 Å². The first-order chi connectivity index (χ1) is 8.91. The van der Waals surface area contributed by atoms with Crippen LogP contribution in [0.5, 0.6) is 0 Å². The molecule has 1 aromatic carbocycles. The van der Waals surface area contributed by atoms with E-state index in [0.29, 0.717) is 11.1 Å². The van der Waals surface area contributed by atoms with Crippen LogP contribution in [0, 0.1) is 5.41 Å². The van der Waals surface area contributed by atoms with Gasteiger partial charge in [-0.2, -0.15) is 13.2 Å². The average molecular weight is 265 g/mol. The minimum atomic E-state index is -4.39. The lowest BCUT2D eigenvalue weighted by atomic mass is 10.0. The van der Waals surface area contributed by atoms with Crippen LogP contribution in [-0.4, -0.2) is 11.2 Å². The van der Waals surface area contributed by atoms with Gasteiger partial charge in [0.25, 0.3) is 0 Å². The van der Waals surface area contributed by atoms with Crippen LogP contribution in [0.1, 0.15) is 11.3 Å². The number of nitrogens with one attached hydrogen (secondary N) is 1. The Hall–Kier alpha value is -2.37. The van der Waals surface area contributed by atoms with Crippen LogP contribution in [0.4, 0.5) is 18.9 Å². The molecule has 19 heavy (non-hydrogen) atoms. The summed E-state index contributed by atoms with van der Waals surface area (Å²) in [6.45, 7) is 0. The van der Waals surface area contributed by atoms with E-state index in [-0.39, 0.29) is 11.4 Å². The maximum absolute atomic E-state index is 12.6. The number of hydrogen-bond donors (Lipinski definition) is 2. The fourth-order valence-electron chi connectivity index (χ4n) is 1.65. The van der Waals surface area contributed by atoms with Crippen molar-refractivity contribution in [3.63, 3.8) is 0 Å². The summed E-state index contributed by atoms with van der Waals surface area (Å²) >= 11 is 0. The van der Waals surface area contributed by atoms with E-state index in [1.165, 1.54) is 18.3 Å². The Morgan fingerprint density at radius 3 is 2.47 bits per heavy atom. The molecule has 0 aliphatic carbocycles. The van der Waals surface area contributed by atoms with Gasteiger partial charge in [-0.1, -0.05) is 12.1 Å². The number of halogens is 3. The third kappa shape index (κ3) is 2.73. The normalized spacial score (nSPS) is 11.3. The predicted octanol–water partition coefficient (Wildman–Crippen LogP) is 3.35. The molecule has 0 aliphatic rings. The lowest BCUT2D eigenvalue weighted by Gasteiger charge is -2.09. The first-order valence-corrected chi connectivity index (χ1v) is 5.35. The number of hydrogen-bond acceptors (Lipinski definition) is 3. The van der Waals surface area contributed by atoms with Crippen LogP contribution < -0.4 is 5.73 Å². The SMILES string of the molecule is N=Cc1ncc(-c2cccc(C(F)(F)F)c2)cc1N. The smallest absolute Gasteiger partial charge is 0.397 e. The van der Waals surface area contributed by atoms with Gasteiger partial charge < -0.3 is 11.1 Å². The Kier molecular flexibility index (Phi) is 3.25. The first-order valence-electron chi connectivity index (χ1n) is 5.35. The van der Waals surface area contributed by atoms with Crippen molar-refractivity contribution >= 4 is 11.9 Å². The quantitative estimate of drug-likeness (QED) is 0.818. The Morgan fingerprint density at radius 1 is 1.16 bits per heavy atom. The molecule has 98 valence electrons. The zero-order valence-electron chi connectivity index (χ0n) is 9.70. The van der Waals surface area contributed by atoms with Gasteiger partial charge in [0.1, 0.15) is 5.69 Å². The van der Waals surface area contributed by atoms with Gasteiger partial charge in [-0.15, -0.1) is 0 Å². The molecule has 0 saturated carbocycles. The summed E-state index contributed by atoms with van der Waals surface area (Å²) in [5, 5.41) is 7.06. The van der Waals surface area contributed by atoms with E-state index in [9.17, 15) is 13.2 Å². The van der Waals surface area contributed by atoms with Crippen molar-refractivity contribution in [2.75, 3.05) is 5.73 Å². The molecule has 1 heterocycles. The van der Waals surface area contributed by atoms with Crippen LogP contribution in [0.25, 0.3) is 11.1 Å². The van der Waals surface area contributed by atoms with Gasteiger partial charge in [0, 0.05) is 18.0 Å². The number of nitrogen functional groups attached to an aromatic ring is 1. The standard InChI is InChI=1S/C13H10F3N3/c14-13(15,16)10-3-1-2-8(4-10)9-5-11(18)12(6-17)19-7-9/h1-7,17H,18H2. The molecule has 0 radical (unpaired) electrons. The highest BCUT2D eigenvalue weighted by molar-refractivity contribution is 5.84. The van der Waals surface area contributed by atoms with Crippen molar-refractivity contribution in [2.45, 2.75) is 6.18 Å². The molecule has 2 aromatic rings. The van der Waals surface area contributed by atoms with E-state index in [1.54, 1.807) is 6.07 Å². The summed E-state index contributed by atoms with van der Waals surface area (Å²) in [6.07, 6.45) is -2.00. The van der Waals surface area contributed by atoms with E-state index in [2.05, 4.69) is 4.98 Å². The van der Waals surface area contributed by atoms with Gasteiger partial charge in [-0.25, -0.2) is 0 Å². The van der Waals surface area contributed by atoms with Crippen molar-refractivity contribution in [2.24, 2.45) is 0 Å². The Bertz CT molecular complexity index is 621. The Labute approximate surface area is 107 Å². The van der Waals surface area contributed by atoms with E-state index in [0.717, 1.165) is 18.3 Å². The largest absolute Gasteiger partial charge is 0.416 e. The van der Waals surface area contributed by atoms with Gasteiger partial charge in [-0.3, -0.25) is 4.98 Å². The fourth-order valence-corrected chi connectivity index (χ4v) is 1.65. The minimum absolute atomic E-state index is 0.255. The number of aromatic nitrogens is 1. The molecule has 1 aromatic heterocycles. The van der Waals surface area contributed by atoms with Crippen LogP contribution in [0.2, 0.25) is 0 Å². The number of pyridine rings is 1. The molecule has 0 saturated heterocycles. The summed E-state index contributed by atoms with van der Waals surface area (Å²) in [5.74, 6) is 0. The van der Waals surface area contributed by atoms with Gasteiger partial charge in [0.15, 0.2) is 0 Å². The van der Waals surface area contributed by atoms with Gasteiger partial charge in [0.2, 0.25) is 0 Å². The van der Waals surface area contributed by atoms with E-state index >= 15 is 0 Å². The third-order valence-corrected chi connectivity index (χ3v) is 2.61. The summed E-state index contributed by atoms with van der Waals surface area (Å²) in [6, 6.07) is 6.43. The molecule has 0 spiro atoms. The second-order valence-corrected chi connectivity index (χ2v) is 3.92. The molecule has 0 fully saturated rings. The monoisotopic (exact) mass is 265 g/mol. The van der Waals surface area contributed by atoms with Crippen molar-refractivity contribution in [1.29, 1.82) is 5.41 Å². The third-order valence-electron chi connectivity index (χ3n) is 2.61. The molecular formula is C13H10F3N3. The number of alkyl halides is 3. The van der Waals surface area contributed by atoms with Crippen LogP contribution in [-0.2, 0) is 6.18 Å². The number of rotatable bonds is 2. The molecule has 6 heteroatoms. The molecule has 3 nitrogen and oxygen atoms in total. The number of anilines is 1. The Morgan fingerprint density at radius 2 is 1.89 bits per heavy atom. The first kappa shape index (κ1) is 13.1. The topological polar surface area (TPSA) is 62.8 Å². The van der Waals surface area contributed by atoms with E-state index in [1.807, 2.05) is 0 Å². The van der Waals surface area contributed by atoms with Crippen molar-refractivity contribution < 1.29 is 13.2 Å². The molecule has 2 rings (SSSR count). The molecule has 0 aliphatic heterocycles. The van der Waals surface area contributed by atoms with Crippen LogP contribution in [0.15, 0.2) is 36.5 Å². The second kappa shape index (κ2) is 4.72. The maximum Gasteiger partial charge on any atom is 0.416 e. The highest BCUT2D eigenvalue weighted by Crippen LogP contribution is 2.32. The lowest BCUT2D eigenvalue weighted by Crippen LogP contribution is -2.04. The zero-order chi connectivity index (χ0) is 14.0. The summed E-state index contributed by atoms with van der Waals surface area (Å²) in [7, 11) is 0. The maximum atomic E-state index is 12.6. The average Bonchev–Trinajstić information content (AvgIpc) is 2.38. The number of benzene rings is 1. The van der Waals surface area contributed by atoms with Crippen molar-refractivity contribution in [3.8, 4) is 11.1 Å². The zero-order valence-corrected chi connectivity index (χ0v) is 9.70. The highest BCUT2D eigenvalue weighted by atomic mass is 19.4. The molecule has 3 N–H and O–H groups in total. The van der Waals surface area contributed by atoms with E-state index < -0.39 is 11.7 Å². The summed E-state index contributed by atoms with van der Waals surface area (Å²) in [4.78, 5) is 3.92. The molecule has 0 atom stereocenters. The van der Waals surface area contributed by atoms with Crippen LogP contribution >= 0.6 is 0 Å². The predicted molar refractivity (Wildman–Crippen MR) is 67.0 cm³/mol. The van der Waals surface area contributed by atoms with E-state index in [4.69, 9.17) is 11.1 Å². The van der Waals surface area contributed by atoms with Crippen LogP contribution in [0.3, 0.4) is 0 Å². The van der Waals surface area contributed by atoms with Crippen molar-refractivity contribution in [3.05, 3.63) is 47.8 Å². The summed E-state index contributed by atoms with van der Waals surface area (Å²) < 4.78 is 37.8. The Balaban J connectivity index is 2.48. The van der Waals surface area contributed by atoms with Gasteiger partial charge >= 0.3 is 6.18 Å². The lowest BCUT2D eigenvalue weighted by molar-refractivity contribution is -0.137. The number of nitrogens with zero attached hydrogens (tertiary/aromatic N) is 1. The number of nitrogens with two attached hydrogens (primary N) is 1. The second-order valence-electron chi connectivity index (χ2n) is 3.92. The summed E-state index contributed by atoms with van der Waals surface area (Å²) in [5.41, 5.74) is 6.34. The van der Waals surface area contributed by atoms with Gasteiger partial charge in [0.05, 0.1) is 11.3 Å². The molecule has 0 unspecified atom stereocenters. The fraction of sp³-hybridized carbons (Fsp3) is 0.0769. The van der Waals surface area contributed by atoms with Gasteiger partial charge in [-0.05, 0) is 23.8 Å². The minimum Gasteiger partial charge on any atom is -0.397 e. The molecule has 0 amide bonds. The molecule has 0 bridgehead atoms. The highest BCUT2D eigenvalue weighted by Gasteiger charge is 2.30.